The Kier molecular flexibility index (Phi) is 4.62. The van der Waals surface area contributed by atoms with E-state index in [0.717, 1.165) is 19.1 Å². The molecule has 2 saturated carbocycles. The maximum absolute atomic E-state index is 9.09. The highest BCUT2D eigenvalue weighted by atomic mass is 16.3. The van der Waals surface area contributed by atoms with E-state index in [0.29, 0.717) is 18.6 Å². The van der Waals surface area contributed by atoms with E-state index in [1.165, 1.54) is 44.9 Å². The summed E-state index contributed by atoms with van der Waals surface area (Å²) in [5.41, 5.74) is 6.25. The molecule has 2 unspecified atom stereocenters. The minimum absolute atomic E-state index is 0.290. The minimum atomic E-state index is 0.290. The van der Waals surface area contributed by atoms with Crippen LogP contribution in [0.25, 0.3) is 0 Å². The summed E-state index contributed by atoms with van der Waals surface area (Å²) in [7, 11) is 0. The van der Waals surface area contributed by atoms with Crippen molar-refractivity contribution < 1.29 is 5.11 Å². The zero-order valence-electron chi connectivity index (χ0n) is 10.3. The van der Waals surface area contributed by atoms with Gasteiger partial charge in [0.05, 0.1) is 6.61 Å². The lowest BCUT2D eigenvalue weighted by Gasteiger charge is -2.29. The zero-order chi connectivity index (χ0) is 11.4. The van der Waals surface area contributed by atoms with Crippen LogP contribution in [-0.4, -0.2) is 41.8 Å². The van der Waals surface area contributed by atoms with Crippen LogP contribution in [0.2, 0.25) is 0 Å². The van der Waals surface area contributed by atoms with Crippen molar-refractivity contribution in [3.63, 3.8) is 0 Å². The molecule has 0 saturated heterocycles. The van der Waals surface area contributed by atoms with E-state index < -0.39 is 0 Å². The SMILES string of the molecule is NC1CCCCCC1CN(CCO)C1CC1. The van der Waals surface area contributed by atoms with Crippen molar-refractivity contribution in [3.05, 3.63) is 0 Å². The van der Waals surface area contributed by atoms with E-state index >= 15 is 0 Å². The number of nitrogens with two attached hydrogens (primary N) is 1. The monoisotopic (exact) mass is 226 g/mol. The first kappa shape index (κ1) is 12.3. The maximum Gasteiger partial charge on any atom is 0.0558 e. The van der Waals surface area contributed by atoms with Crippen molar-refractivity contribution in [2.45, 2.75) is 57.0 Å². The smallest absolute Gasteiger partial charge is 0.0558 e. The van der Waals surface area contributed by atoms with E-state index in [1.54, 1.807) is 0 Å². The van der Waals surface area contributed by atoms with Crippen molar-refractivity contribution in [1.29, 1.82) is 0 Å². The van der Waals surface area contributed by atoms with Gasteiger partial charge in [-0.05, 0) is 31.6 Å². The Morgan fingerprint density at radius 2 is 1.81 bits per heavy atom. The highest BCUT2D eigenvalue weighted by Crippen LogP contribution is 2.30. The second-order valence-electron chi connectivity index (χ2n) is 5.51. The van der Waals surface area contributed by atoms with Gasteiger partial charge in [-0.1, -0.05) is 19.3 Å². The summed E-state index contributed by atoms with van der Waals surface area (Å²) in [5, 5.41) is 9.09. The van der Waals surface area contributed by atoms with E-state index in [4.69, 9.17) is 10.8 Å². The molecule has 3 nitrogen and oxygen atoms in total. The topological polar surface area (TPSA) is 49.5 Å². The molecule has 0 radical (unpaired) electrons. The maximum atomic E-state index is 9.09. The molecule has 0 aromatic rings. The molecular weight excluding hydrogens is 200 g/mol. The average molecular weight is 226 g/mol. The molecule has 2 aliphatic carbocycles. The molecular formula is C13H26N2O. The van der Waals surface area contributed by atoms with Crippen molar-refractivity contribution >= 4 is 0 Å². The van der Waals surface area contributed by atoms with Gasteiger partial charge in [0.25, 0.3) is 0 Å². The summed E-state index contributed by atoms with van der Waals surface area (Å²) in [6.45, 7) is 2.25. The number of aliphatic hydroxyl groups excluding tert-OH is 1. The molecule has 0 aliphatic heterocycles. The summed E-state index contributed by atoms with van der Waals surface area (Å²) in [6.07, 6.45) is 9.13. The summed E-state index contributed by atoms with van der Waals surface area (Å²) in [4.78, 5) is 2.47. The first-order valence-electron chi connectivity index (χ1n) is 6.91. The lowest BCUT2D eigenvalue weighted by Crippen LogP contribution is -2.41. The van der Waals surface area contributed by atoms with Gasteiger partial charge in [-0.15, -0.1) is 0 Å². The van der Waals surface area contributed by atoms with E-state index in [2.05, 4.69) is 4.90 Å². The normalized spacial score (nSPS) is 31.7. The third-order valence-corrected chi connectivity index (χ3v) is 4.14. The number of aliphatic hydroxyl groups is 1. The van der Waals surface area contributed by atoms with Crippen molar-refractivity contribution in [2.24, 2.45) is 11.7 Å². The summed E-state index contributed by atoms with van der Waals surface area (Å²) >= 11 is 0. The molecule has 2 fully saturated rings. The number of rotatable bonds is 5. The molecule has 0 amide bonds. The molecule has 0 aromatic heterocycles. The summed E-state index contributed by atoms with van der Waals surface area (Å²) < 4.78 is 0. The molecule has 0 heterocycles. The first-order chi connectivity index (χ1) is 7.81. The molecule has 2 atom stereocenters. The molecule has 0 aromatic carbocycles. The highest BCUT2D eigenvalue weighted by Gasteiger charge is 2.31. The Hall–Kier alpha value is -0.120. The predicted molar refractivity (Wildman–Crippen MR) is 66.2 cm³/mol. The average Bonchev–Trinajstić information content (AvgIpc) is 3.07. The van der Waals surface area contributed by atoms with E-state index in [9.17, 15) is 0 Å². The number of hydrogen-bond acceptors (Lipinski definition) is 3. The van der Waals surface area contributed by atoms with Crippen LogP contribution in [0.5, 0.6) is 0 Å². The Bertz CT molecular complexity index is 206. The van der Waals surface area contributed by atoms with Gasteiger partial charge in [-0.3, -0.25) is 4.90 Å². The Labute approximate surface area is 99.0 Å². The van der Waals surface area contributed by atoms with E-state index in [-0.39, 0.29) is 0 Å². The first-order valence-corrected chi connectivity index (χ1v) is 6.91. The molecule has 94 valence electrons. The molecule has 3 heteroatoms. The fraction of sp³-hybridized carbons (Fsp3) is 1.00. The highest BCUT2D eigenvalue weighted by molar-refractivity contribution is 4.88. The van der Waals surface area contributed by atoms with Crippen LogP contribution in [0.3, 0.4) is 0 Å². The van der Waals surface area contributed by atoms with Gasteiger partial charge in [0.15, 0.2) is 0 Å². The van der Waals surface area contributed by atoms with Crippen molar-refractivity contribution in [3.8, 4) is 0 Å². The molecule has 3 N–H and O–H groups in total. The third kappa shape index (κ3) is 3.44. The van der Waals surface area contributed by atoms with Crippen molar-refractivity contribution in [1.82, 2.24) is 4.90 Å². The van der Waals surface area contributed by atoms with Crippen LogP contribution in [0.1, 0.15) is 44.9 Å². The van der Waals surface area contributed by atoms with Crippen LogP contribution in [0.15, 0.2) is 0 Å². The minimum Gasteiger partial charge on any atom is -0.395 e. The van der Waals surface area contributed by atoms with Crippen molar-refractivity contribution in [2.75, 3.05) is 19.7 Å². The molecule has 2 rings (SSSR count). The Morgan fingerprint density at radius 1 is 1.06 bits per heavy atom. The number of nitrogens with zero attached hydrogens (tertiary/aromatic N) is 1. The van der Waals surface area contributed by atoms with Gasteiger partial charge in [0.2, 0.25) is 0 Å². The second kappa shape index (κ2) is 5.99. The fourth-order valence-corrected chi connectivity index (χ4v) is 2.93. The molecule has 0 bridgehead atoms. The summed E-state index contributed by atoms with van der Waals surface area (Å²) in [5.74, 6) is 0.662. The largest absolute Gasteiger partial charge is 0.395 e. The Balaban J connectivity index is 1.84. The fourth-order valence-electron chi connectivity index (χ4n) is 2.93. The van der Waals surface area contributed by atoms with Gasteiger partial charge in [-0.2, -0.15) is 0 Å². The lowest BCUT2D eigenvalue weighted by molar-refractivity contribution is 0.156. The van der Waals surface area contributed by atoms with Crippen LogP contribution in [0, 0.1) is 5.92 Å². The second-order valence-corrected chi connectivity index (χ2v) is 5.51. The van der Waals surface area contributed by atoms with Gasteiger partial charge < -0.3 is 10.8 Å². The summed E-state index contributed by atoms with van der Waals surface area (Å²) in [6, 6.07) is 1.14. The Morgan fingerprint density at radius 3 is 2.50 bits per heavy atom. The lowest BCUT2D eigenvalue weighted by atomic mass is 9.95. The molecule has 2 aliphatic rings. The zero-order valence-corrected chi connectivity index (χ0v) is 10.3. The third-order valence-electron chi connectivity index (χ3n) is 4.14. The molecule has 0 spiro atoms. The molecule has 16 heavy (non-hydrogen) atoms. The quantitative estimate of drug-likeness (QED) is 0.696. The van der Waals surface area contributed by atoms with Gasteiger partial charge in [-0.25, -0.2) is 0 Å². The standard InChI is InChI=1S/C13H26N2O/c14-13-5-3-1-2-4-11(13)10-15(8-9-16)12-6-7-12/h11-13,16H,1-10,14H2. The number of hydrogen-bond donors (Lipinski definition) is 2. The van der Waals surface area contributed by atoms with E-state index in [1.807, 2.05) is 0 Å². The van der Waals surface area contributed by atoms with Gasteiger partial charge in [0, 0.05) is 25.2 Å². The van der Waals surface area contributed by atoms with Gasteiger partial charge in [0.1, 0.15) is 0 Å². The van der Waals surface area contributed by atoms with Gasteiger partial charge >= 0.3 is 0 Å². The van der Waals surface area contributed by atoms with Crippen LogP contribution >= 0.6 is 0 Å². The van der Waals surface area contributed by atoms with Crippen LogP contribution < -0.4 is 5.73 Å². The predicted octanol–water partition coefficient (Wildman–Crippen LogP) is 1.35. The van der Waals surface area contributed by atoms with Crippen LogP contribution in [0.4, 0.5) is 0 Å². The van der Waals surface area contributed by atoms with Crippen LogP contribution in [-0.2, 0) is 0 Å².